The summed E-state index contributed by atoms with van der Waals surface area (Å²) in [6, 6.07) is 6.61. The van der Waals surface area contributed by atoms with E-state index < -0.39 is 15.8 Å². The van der Waals surface area contributed by atoms with Crippen LogP contribution in [0, 0.1) is 6.92 Å². The maximum absolute atomic E-state index is 13.0. The van der Waals surface area contributed by atoms with Crippen molar-refractivity contribution in [3.05, 3.63) is 41.3 Å². The lowest BCUT2D eigenvalue weighted by Gasteiger charge is -2.36. The second-order valence-electron chi connectivity index (χ2n) is 7.60. The first-order chi connectivity index (χ1) is 14.8. The maximum atomic E-state index is 13.0. The molecule has 3 heterocycles. The standard InChI is InChI=1S/C21H25N3O6S/c1-15-20(22-16(2)25)19(30-23-15)8-5-17-3-6-18(7-4-17)31(26,27)24-11-9-21(10-12-24)28-13-14-29-21/h3-8H,9-14H2,1-2H3,(H,22,25)/b8-5-. The number of aryl methyl sites for hydroxylation is 1. The summed E-state index contributed by atoms with van der Waals surface area (Å²) in [6.07, 6.45) is 4.50. The van der Waals surface area contributed by atoms with Crippen molar-refractivity contribution in [3.63, 3.8) is 0 Å². The number of amides is 1. The van der Waals surface area contributed by atoms with Gasteiger partial charge < -0.3 is 19.3 Å². The molecule has 2 saturated heterocycles. The van der Waals surface area contributed by atoms with Crippen molar-refractivity contribution < 1.29 is 27.2 Å². The molecule has 4 rings (SSSR count). The van der Waals surface area contributed by atoms with E-state index in [9.17, 15) is 13.2 Å². The van der Waals surface area contributed by atoms with E-state index in [4.69, 9.17) is 14.0 Å². The number of carbonyl (C=O) groups excluding carboxylic acids is 1. The molecule has 2 aromatic rings. The first-order valence-corrected chi connectivity index (χ1v) is 11.5. The molecule has 0 bridgehead atoms. The van der Waals surface area contributed by atoms with E-state index in [1.807, 2.05) is 0 Å². The number of rotatable bonds is 5. The molecule has 1 amide bonds. The van der Waals surface area contributed by atoms with Gasteiger partial charge in [0.05, 0.1) is 18.1 Å². The van der Waals surface area contributed by atoms with Crippen molar-refractivity contribution in [2.24, 2.45) is 0 Å². The van der Waals surface area contributed by atoms with Crippen LogP contribution in [0.2, 0.25) is 0 Å². The second-order valence-corrected chi connectivity index (χ2v) is 9.54. The number of sulfonamides is 1. The highest BCUT2D eigenvalue weighted by atomic mass is 32.2. The molecule has 1 N–H and O–H groups in total. The third-order valence-corrected chi connectivity index (χ3v) is 7.35. The zero-order valence-corrected chi connectivity index (χ0v) is 18.3. The molecule has 1 aromatic carbocycles. The number of anilines is 1. The van der Waals surface area contributed by atoms with E-state index in [2.05, 4.69) is 10.5 Å². The van der Waals surface area contributed by atoms with Crippen LogP contribution in [0.1, 0.15) is 36.8 Å². The van der Waals surface area contributed by atoms with Gasteiger partial charge in [-0.2, -0.15) is 4.31 Å². The van der Waals surface area contributed by atoms with Crippen LogP contribution in [0.15, 0.2) is 33.7 Å². The first kappa shape index (κ1) is 21.7. The highest BCUT2D eigenvalue weighted by Crippen LogP contribution is 2.33. The molecule has 166 valence electrons. The minimum atomic E-state index is -3.59. The number of piperidine rings is 1. The molecule has 1 aromatic heterocycles. The van der Waals surface area contributed by atoms with Gasteiger partial charge in [-0.05, 0) is 30.7 Å². The minimum Gasteiger partial charge on any atom is -0.354 e. The molecule has 0 unspecified atom stereocenters. The van der Waals surface area contributed by atoms with Crippen LogP contribution in [-0.2, 0) is 24.3 Å². The van der Waals surface area contributed by atoms with Crippen molar-refractivity contribution in [1.82, 2.24) is 9.46 Å². The molecule has 2 fully saturated rings. The van der Waals surface area contributed by atoms with E-state index in [-0.39, 0.29) is 10.8 Å². The lowest BCUT2D eigenvalue weighted by atomic mass is 10.1. The number of ether oxygens (including phenoxy) is 2. The summed E-state index contributed by atoms with van der Waals surface area (Å²) in [5.41, 5.74) is 1.88. The van der Waals surface area contributed by atoms with Crippen LogP contribution in [0.3, 0.4) is 0 Å². The van der Waals surface area contributed by atoms with Crippen LogP contribution < -0.4 is 5.32 Å². The summed E-state index contributed by atoms with van der Waals surface area (Å²) in [6.45, 7) is 4.99. The maximum Gasteiger partial charge on any atom is 0.243 e. The van der Waals surface area contributed by atoms with E-state index in [1.54, 1.807) is 43.3 Å². The van der Waals surface area contributed by atoms with Crippen molar-refractivity contribution in [2.45, 2.75) is 37.4 Å². The SMILES string of the molecule is CC(=O)Nc1c(C)noc1/C=C\c1ccc(S(=O)(=O)N2CCC3(CC2)OCCO3)cc1. The average Bonchev–Trinajstić information content (AvgIpc) is 3.34. The van der Waals surface area contributed by atoms with Crippen LogP contribution in [0.25, 0.3) is 12.2 Å². The summed E-state index contributed by atoms with van der Waals surface area (Å²) >= 11 is 0. The summed E-state index contributed by atoms with van der Waals surface area (Å²) in [7, 11) is -3.59. The summed E-state index contributed by atoms with van der Waals surface area (Å²) in [5, 5.41) is 6.56. The monoisotopic (exact) mass is 447 g/mol. The Balaban J connectivity index is 1.44. The van der Waals surface area contributed by atoms with Crippen molar-refractivity contribution in [1.29, 1.82) is 0 Å². The van der Waals surface area contributed by atoms with Gasteiger partial charge in [0.15, 0.2) is 11.5 Å². The summed E-state index contributed by atoms with van der Waals surface area (Å²) in [5.74, 6) is -0.413. The van der Waals surface area contributed by atoms with Crippen LogP contribution in [0.4, 0.5) is 5.69 Å². The number of aromatic nitrogens is 1. The van der Waals surface area contributed by atoms with E-state index >= 15 is 0 Å². The molecule has 0 aliphatic carbocycles. The Kier molecular flexibility index (Phi) is 5.98. The van der Waals surface area contributed by atoms with Gasteiger partial charge in [-0.3, -0.25) is 4.79 Å². The van der Waals surface area contributed by atoms with Crippen molar-refractivity contribution >= 4 is 33.8 Å². The number of nitrogens with one attached hydrogen (secondary N) is 1. The molecule has 10 heteroatoms. The molecule has 0 saturated carbocycles. The average molecular weight is 448 g/mol. The first-order valence-electron chi connectivity index (χ1n) is 10.1. The normalized spacial score (nSPS) is 19.3. The lowest BCUT2D eigenvalue weighted by Crippen LogP contribution is -2.47. The number of hydrogen-bond acceptors (Lipinski definition) is 7. The van der Waals surface area contributed by atoms with Crippen LogP contribution in [-0.4, -0.2) is 55.9 Å². The number of carbonyl (C=O) groups is 1. The topological polar surface area (TPSA) is 111 Å². The largest absolute Gasteiger partial charge is 0.354 e. The van der Waals surface area contributed by atoms with Gasteiger partial charge in [0.25, 0.3) is 0 Å². The molecule has 0 radical (unpaired) electrons. The van der Waals surface area contributed by atoms with Crippen molar-refractivity contribution in [3.8, 4) is 0 Å². The molecular weight excluding hydrogens is 422 g/mol. The van der Waals surface area contributed by atoms with E-state index in [0.29, 0.717) is 56.3 Å². The number of hydrogen-bond donors (Lipinski definition) is 1. The lowest BCUT2D eigenvalue weighted by molar-refractivity contribution is -0.179. The Labute approximate surface area is 181 Å². The predicted molar refractivity (Wildman–Crippen MR) is 114 cm³/mol. The highest BCUT2D eigenvalue weighted by molar-refractivity contribution is 7.89. The molecule has 1 spiro atoms. The van der Waals surface area contributed by atoms with Gasteiger partial charge in [-0.15, -0.1) is 0 Å². The van der Waals surface area contributed by atoms with Gasteiger partial charge in [0, 0.05) is 32.9 Å². The third kappa shape index (κ3) is 4.57. The predicted octanol–water partition coefficient (Wildman–Crippen LogP) is 2.64. The minimum absolute atomic E-state index is 0.217. The zero-order chi connectivity index (χ0) is 22.1. The smallest absolute Gasteiger partial charge is 0.243 e. The van der Waals surface area contributed by atoms with E-state index in [1.165, 1.54) is 11.2 Å². The Morgan fingerprint density at radius 3 is 2.39 bits per heavy atom. The summed E-state index contributed by atoms with van der Waals surface area (Å²) < 4.78 is 44.0. The molecule has 31 heavy (non-hydrogen) atoms. The van der Waals surface area contributed by atoms with Gasteiger partial charge in [-0.25, -0.2) is 8.42 Å². The molecule has 2 aliphatic rings. The Morgan fingerprint density at radius 2 is 1.77 bits per heavy atom. The Morgan fingerprint density at radius 1 is 1.13 bits per heavy atom. The molecule has 0 atom stereocenters. The van der Waals surface area contributed by atoms with Crippen molar-refractivity contribution in [2.75, 3.05) is 31.6 Å². The highest BCUT2D eigenvalue weighted by Gasteiger charge is 2.42. The van der Waals surface area contributed by atoms with Gasteiger partial charge in [0.1, 0.15) is 11.4 Å². The fourth-order valence-corrected chi connectivity index (χ4v) is 5.20. The van der Waals surface area contributed by atoms with Gasteiger partial charge >= 0.3 is 0 Å². The fraction of sp³-hybridized carbons (Fsp3) is 0.429. The van der Waals surface area contributed by atoms with E-state index in [0.717, 1.165) is 5.56 Å². The zero-order valence-electron chi connectivity index (χ0n) is 17.5. The Hall–Kier alpha value is -2.53. The number of nitrogens with zero attached hydrogens (tertiary/aromatic N) is 2. The van der Waals surface area contributed by atoms with Crippen LogP contribution >= 0.6 is 0 Å². The van der Waals surface area contributed by atoms with Crippen LogP contribution in [0.5, 0.6) is 0 Å². The Bertz CT molecular complexity index is 1070. The molecular formula is C21H25N3O6S. The van der Waals surface area contributed by atoms with Gasteiger partial charge in [-0.1, -0.05) is 23.4 Å². The second kappa shape index (κ2) is 8.54. The molecule has 2 aliphatic heterocycles. The quantitative estimate of drug-likeness (QED) is 0.750. The third-order valence-electron chi connectivity index (χ3n) is 5.43. The summed E-state index contributed by atoms with van der Waals surface area (Å²) in [4.78, 5) is 11.6. The van der Waals surface area contributed by atoms with Gasteiger partial charge in [0.2, 0.25) is 15.9 Å². The molecule has 9 nitrogen and oxygen atoms in total. The number of benzene rings is 1. The fourth-order valence-electron chi connectivity index (χ4n) is 3.75.